The van der Waals surface area contributed by atoms with Crippen molar-refractivity contribution in [2.75, 3.05) is 6.54 Å². The fraction of sp³-hybridized carbons (Fsp3) is 0.444. The first-order chi connectivity index (χ1) is 7.15. The van der Waals surface area contributed by atoms with E-state index in [1.807, 2.05) is 0 Å². The van der Waals surface area contributed by atoms with E-state index in [1.165, 1.54) is 0 Å². The monoisotopic (exact) mass is 208 g/mol. The molecule has 0 aromatic rings. The fourth-order valence-corrected chi connectivity index (χ4v) is 1.18. The van der Waals surface area contributed by atoms with Crippen LogP contribution in [0.3, 0.4) is 0 Å². The van der Waals surface area contributed by atoms with Gasteiger partial charge in [0.2, 0.25) is 0 Å². The quantitative estimate of drug-likeness (QED) is 0.626. The van der Waals surface area contributed by atoms with Crippen molar-refractivity contribution in [3.8, 4) is 0 Å². The Kier molecular flexibility index (Phi) is 2.40. The molecule has 0 radical (unpaired) electrons. The first kappa shape index (κ1) is 9.70. The molecule has 0 unspecified atom stereocenters. The third kappa shape index (κ3) is 2.55. The van der Waals surface area contributed by atoms with Gasteiger partial charge in [0.05, 0.1) is 6.08 Å². The van der Waals surface area contributed by atoms with Crippen LogP contribution in [0.2, 0.25) is 0 Å². The number of nitrogens with one attached hydrogen (secondary N) is 1. The minimum Gasteiger partial charge on any atom is -0.348 e. The summed E-state index contributed by atoms with van der Waals surface area (Å²) in [6.07, 6.45) is 4.16. The molecule has 6 nitrogen and oxygen atoms in total. The van der Waals surface area contributed by atoms with E-state index in [0.717, 1.165) is 29.7 Å². The lowest BCUT2D eigenvalue weighted by Crippen LogP contribution is -2.36. The molecule has 0 aromatic carbocycles. The Balaban J connectivity index is 1.94. The third-order valence-corrected chi connectivity index (χ3v) is 2.08. The van der Waals surface area contributed by atoms with Gasteiger partial charge in [-0.15, -0.1) is 0 Å². The number of azo groups is 2. The van der Waals surface area contributed by atoms with Gasteiger partial charge in [-0.25, -0.2) is 4.79 Å². The highest BCUT2D eigenvalue weighted by atomic mass is 16.2. The molecule has 6 heteroatoms. The lowest BCUT2D eigenvalue weighted by atomic mass is 10.4. The summed E-state index contributed by atoms with van der Waals surface area (Å²) < 4.78 is 0.875. The summed E-state index contributed by atoms with van der Waals surface area (Å²) in [5.74, 6) is -1.24. The van der Waals surface area contributed by atoms with Gasteiger partial charge in [0.15, 0.2) is 0 Å². The number of carbonyl (C=O) groups excluding carboxylic acids is 3. The third-order valence-electron chi connectivity index (χ3n) is 2.08. The summed E-state index contributed by atoms with van der Waals surface area (Å²) in [6, 6.07) is 0.239. The average molecular weight is 208 g/mol. The van der Waals surface area contributed by atoms with Crippen LogP contribution < -0.4 is 5.32 Å². The largest absolute Gasteiger partial charge is 0.437 e. The van der Waals surface area contributed by atoms with Gasteiger partial charge in [-0.2, -0.15) is 0 Å². The van der Waals surface area contributed by atoms with Gasteiger partial charge in [-0.1, -0.05) is 0 Å². The van der Waals surface area contributed by atoms with E-state index in [0.29, 0.717) is 0 Å². The summed E-state index contributed by atoms with van der Waals surface area (Å²) in [6.45, 7) is -0.189. The first-order valence-corrected chi connectivity index (χ1v) is 4.70. The minimum atomic E-state index is -0.520. The van der Waals surface area contributed by atoms with Crippen LogP contribution in [-0.4, -0.2) is 35.0 Å². The standard InChI is InChI=1S/C9H9N3O3/c13-7-3-4-9(15)12(11-7)5-8(14)10-6-1-2-6/h3-4,6H,1-2,5H2/p+1. The van der Waals surface area contributed by atoms with Crippen LogP contribution in [0.15, 0.2) is 17.3 Å². The highest BCUT2D eigenvalue weighted by Gasteiger charge is 2.29. The van der Waals surface area contributed by atoms with Gasteiger partial charge in [0, 0.05) is 17.2 Å². The maximum absolute atomic E-state index is 11.3. The SMILES string of the molecule is O=C1C=CC(=O)[N+](CC(=O)NC2CC2)=N1. The molecule has 1 fully saturated rings. The highest BCUT2D eigenvalue weighted by Crippen LogP contribution is 2.18. The van der Waals surface area contributed by atoms with Gasteiger partial charge in [-0.3, -0.25) is 9.59 Å². The van der Waals surface area contributed by atoms with Crippen molar-refractivity contribution >= 4 is 17.7 Å². The summed E-state index contributed by atoms with van der Waals surface area (Å²) in [4.78, 5) is 33.4. The van der Waals surface area contributed by atoms with Gasteiger partial charge in [-0.05, 0) is 17.5 Å². The Morgan fingerprint density at radius 1 is 1.47 bits per heavy atom. The number of nitrogens with zero attached hydrogens (tertiary/aromatic N) is 2. The second-order valence-electron chi connectivity index (χ2n) is 3.51. The van der Waals surface area contributed by atoms with E-state index >= 15 is 0 Å². The van der Waals surface area contributed by atoms with E-state index in [4.69, 9.17) is 0 Å². The first-order valence-electron chi connectivity index (χ1n) is 4.70. The minimum absolute atomic E-state index is 0.189. The van der Waals surface area contributed by atoms with Crippen LogP contribution in [0.5, 0.6) is 0 Å². The molecule has 1 aliphatic carbocycles. The molecule has 0 aromatic heterocycles. The van der Waals surface area contributed by atoms with Crippen molar-refractivity contribution in [1.82, 2.24) is 5.32 Å². The zero-order chi connectivity index (χ0) is 10.8. The van der Waals surface area contributed by atoms with Crippen molar-refractivity contribution < 1.29 is 19.1 Å². The van der Waals surface area contributed by atoms with Gasteiger partial charge < -0.3 is 5.32 Å². The number of amides is 3. The second-order valence-corrected chi connectivity index (χ2v) is 3.51. The van der Waals surface area contributed by atoms with Crippen LogP contribution in [0.1, 0.15) is 12.8 Å². The maximum atomic E-state index is 11.3. The van der Waals surface area contributed by atoms with Crippen LogP contribution in [0.4, 0.5) is 0 Å². The predicted molar refractivity (Wildman–Crippen MR) is 47.9 cm³/mol. The Morgan fingerprint density at radius 3 is 2.87 bits per heavy atom. The maximum Gasteiger partial charge on any atom is 0.437 e. The van der Waals surface area contributed by atoms with Crippen molar-refractivity contribution in [2.24, 2.45) is 5.11 Å². The fourth-order valence-electron chi connectivity index (χ4n) is 1.18. The van der Waals surface area contributed by atoms with Gasteiger partial charge in [0.1, 0.15) is 0 Å². The van der Waals surface area contributed by atoms with Crippen molar-refractivity contribution in [1.29, 1.82) is 0 Å². The van der Waals surface area contributed by atoms with Crippen molar-refractivity contribution in [3.05, 3.63) is 12.2 Å². The van der Waals surface area contributed by atoms with Crippen LogP contribution in [0.25, 0.3) is 0 Å². The summed E-state index contributed by atoms with van der Waals surface area (Å²) in [5.41, 5.74) is 0. The number of hydrogen-bond donors (Lipinski definition) is 1. The summed E-state index contributed by atoms with van der Waals surface area (Å²) in [7, 11) is 0. The van der Waals surface area contributed by atoms with E-state index in [9.17, 15) is 14.4 Å². The zero-order valence-corrected chi connectivity index (χ0v) is 7.97. The van der Waals surface area contributed by atoms with Crippen molar-refractivity contribution in [3.63, 3.8) is 0 Å². The average Bonchev–Trinajstić information content (AvgIpc) is 2.95. The molecule has 1 heterocycles. The summed E-state index contributed by atoms with van der Waals surface area (Å²) >= 11 is 0. The molecule has 2 aliphatic rings. The molecular weight excluding hydrogens is 198 g/mol. The van der Waals surface area contributed by atoms with Crippen molar-refractivity contribution in [2.45, 2.75) is 18.9 Å². The lowest BCUT2D eigenvalue weighted by molar-refractivity contribution is -0.495. The predicted octanol–water partition coefficient (Wildman–Crippen LogP) is -0.647. The number of rotatable bonds is 3. The molecule has 0 bridgehead atoms. The molecule has 1 N–H and O–H groups in total. The van der Waals surface area contributed by atoms with Crippen LogP contribution >= 0.6 is 0 Å². The molecule has 2 rings (SSSR count). The molecule has 0 atom stereocenters. The number of hydrogen-bond acceptors (Lipinski definition) is 3. The molecule has 1 aliphatic heterocycles. The molecule has 78 valence electrons. The molecule has 15 heavy (non-hydrogen) atoms. The molecule has 0 saturated heterocycles. The van der Waals surface area contributed by atoms with E-state index in [1.54, 1.807) is 0 Å². The van der Waals surface area contributed by atoms with E-state index in [-0.39, 0.29) is 18.5 Å². The summed E-state index contributed by atoms with van der Waals surface area (Å²) in [5, 5.41) is 6.14. The highest BCUT2D eigenvalue weighted by molar-refractivity contribution is 5.96. The van der Waals surface area contributed by atoms with Gasteiger partial charge in [0.25, 0.3) is 12.5 Å². The van der Waals surface area contributed by atoms with E-state index < -0.39 is 11.8 Å². The molecule has 0 spiro atoms. The Labute approximate surface area is 85.6 Å². The number of carbonyl (C=O) groups is 3. The molecule has 1 saturated carbocycles. The van der Waals surface area contributed by atoms with Crippen LogP contribution in [-0.2, 0) is 14.4 Å². The van der Waals surface area contributed by atoms with Gasteiger partial charge >= 0.3 is 11.8 Å². The second kappa shape index (κ2) is 3.72. The Morgan fingerprint density at radius 2 is 2.20 bits per heavy atom. The van der Waals surface area contributed by atoms with Crippen LogP contribution in [0, 0.1) is 0 Å². The lowest BCUT2D eigenvalue weighted by Gasteiger charge is -2.00. The van der Waals surface area contributed by atoms with E-state index in [2.05, 4.69) is 10.4 Å². The Bertz CT molecular complexity index is 393. The molecular formula is C9H10N3O3+. The molecule has 3 amide bonds. The normalized spacial score (nSPS) is 20.1. The zero-order valence-electron chi connectivity index (χ0n) is 7.97. The smallest absolute Gasteiger partial charge is 0.348 e. The topological polar surface area (TPSA) is 78.6 Å². The Hall–Kier alpha value is -1.85.